The molecule has 0 radical (unpaired) electrons. The van der Waals surface area contributed by atoms with Gasteiger partial charge in [0.15, 0.2) is 0 Å². The van der Waals surface area contributed by atoms with Gasteiger partial charge in [-0.05, 0) is 36.5 Å². The second kappa shape index (κ2) is 5.14. The summed E-state index contributed by atoms with van der Waals surface area (Å²) in [5.74, 6) is 0.992. The maximum atomic E-state index is 5.46. The van der Waals surface area contributed by atoms with Gasteiger partial charge in [0.1, 0.15) is 11.8 Å². The molecule has 0 bridgehead atoms. The van der Waals surface area contributed by atoms with Gasteiger partial charge in [0.2, 0.25) is 0 Å². The van der Waals surface area contributed by atoms with Gasteiger partial charge < -0.3 is 9.73 Å². The van der Waals surface area contributed by atoms with E-state index in [0.29, 0.717) is 0 Å². The standard InChI is InChI=1S/C12H15NOS/c1-2-7-13-12(10-5-3-8-14-10)11-6-4-9-15-11/h3-6,8-9,12-13H,2,7H2,1H3. The summed E-state index contributed by atoms with van der Waals surface area (Å²) >= 11 is 1.76. The summed E-state index contributed by atoms with van der Waals surface area (Å²) in [6, 6.07) is 8.38. The Morgan fingerprint density at radius 2 is 2.33 bits per heavy atom. The quantitative estimate of drug-likeness (QED) is 0.836. The molecule has 0 amide bonds. The number of rotatable bonds is 5. The first-order valence-electron chi connectivity index (χ1n) is 5.22. The zero-order valence-corrected chi connectivity index (χ0v) is 9.59. The van der Waals surface area contributed by atoms with Crippen LogP contribution in [-0.4, -0.2) is 6.54 Å². The molecule has 2 aromatic rings. The van der Waals surface area contributed by atoms with Crippen LogP contribution in [0.25, 0.3) is 0 Å². The van der Waals surface area contributed by atoms with E-state index in [1.165, 1.54) is 4.88 Å². The first-order chi connectivity index (χ1) is 7.42. The van der Waals surface area contributed by atoms with E-state index in [0.717, 1.165) is 18.7 Å². The van der Waals surface area contributed by atoms with Crippen LogP contribution in [0.15, 0.2) is 40.3 Å². The lowest BCUT2D eigenvalue weighted by atomic mass is 10.2. The lowest BCUT2D eigenvalue weighted by Gasteiger charge is -2.14. The molecular weight excluding hydrogens is 206 g/mol. The molecule has 2 nitrogen and oxygen atoms in total. The highest BCUT2D eigenvalue weighted by Crippen LogP contribution is 2.26. The van der Waals surface area contributed by atoms with Crippen molar-refractivity contribution in [3.05, 3.63) is 46.5 Å². The van der Waals surface area contributed by atoms with Gasteiger partial charge in [-0.1, -0.05) is 13.0 Å². The summed E-state index contributed by atoms with van der Waals surface area (Å²) in [6.07, 6.45) is 2.85. The van der Waals surface area contributed by atoms with E-state index in [9.17, 15) is 0 Å². The molecule has 0 spiro atoms. The van der Waals surface area contributed by atoms with Crippen LogP contribution in [0, 0.1) is 0 Å². The largest absolute Gasteiger partial charge is 0.467 e. The van der Waals surface area contributed by atoms with E-state index in [4.69, 9.17) is 4.42 Å². The second-order valence-electron chi connectivity index (χ2n) is 3.42. The summed E-state index contributed by atoms with van der Waals surface area (Å²) in [5, 5.41) is 5.59. The Labute approximate surface area is 93.9 Å². The van der Waals surface area contributed by atoms with Crippen molar-refractivity contribution >= 4 is 11.3 Å². The predicted octanol–water partition coefficient (Wildman–Crippen LogP) is 3.43. The molecule has 1 unspecified atom stereocenters. The monoisotopic (exact) mass is 221 g/mol. The van der Waals surface area contributed by atoms with Crippen molar-refractivity contribution in [2.24, 2.45) is 0 Å². The van der Waals surface area contributed by atoms with Crippen LogP contribution < -0.4 is 5.32 Å². The van der Waals surface area contributed by atoms with Gasteiger partial charge in [0.25, 0.3) is 0 Å². The van der Waals surface area contributed by atoms with Crippen molar-refractivity contribution in [1.29, 1.82) is 0 Å². The van der Waals surface area contributed by atoms with E-state index >= 15 is 0 Å². The topological polar surface area (TPSA) is 25.2 Å². The average molecular weight is 221 g/mol. The minimum Gasteiger partial charge on any atom is -0.467 e. The van der Waals surface area contributed by atoms with Crippen LogP contribution in [0.3, 0.4) is 0 Å². The molecule has 2 heterocycles. The van der Waals surface area contributed by atoms with E-state index in [1.807, 2.05) is 12.1 Å². The molecule has 15 heavy (non-hydrogen) atoms. The van der Waals surface area contributed by atoms with Gasteiger partial charge in [-0.2, -0.15) is 0 Å². The van der Waals surface area contributed by atoms with Crippen molar-refractivity contribution < 1.29 is 4.42 Å². The van der Waals surface area contributed by atoms with Crippen LogP contribution in [0.4, 0.5) is 0 Å². The fourth-order valence-corrected chi connectivity index (χ4v) is 2.35. The van der Waals surface area contributed by atoms with Crippen LogP contribution in [0.2, 0.25) is 0 Å². The smallest absolute Gasteiger partial charge is 0.126 e. The van der Waals surface area contributed by atoms with E-state index in [-0.39, 0.29) is 6.04 Å². The summed E-state index contributed by atoms with van der Waals surface area (Å²) < 4.78 is 5.46. The zero-order valence-electron chi connectivity index (χ0n) is 8.77. The number of hydrogen-bond acceptors (Lipinski definition) is 3. The van der Waals surface area contributed by atoms with Crippen molar-refractivity contribution in [3.8, 4) is 0 Å². The van der Waals surface area contributed by atoms with Crippen molar-refractivity contribution in [2.45, 2.75) is 19.4 Å². The van der Waals surface area contributed by atoms with Crippen LogP contribution >= 0.6 is 11.3 Å². The summed E-state index contributed by atoms with van der Waals surface area (Å²) in [7, 11) is 0. The number of hydrogen-bond donors (Lipinski definition) is 1. The lowest BCUT2D eigenvalue weighted by molar-refractivity contribution is 0.450. The molecule has 0 aliphatic rings. The Morgan fingerprint density at radius 1 is 1.40 bits per heavy atom. The van der Waals surface area contributed by atoms with Gasteiger partial charge in [-0.3, -0.25) is 0 Å². The number of nitrogens with one attached hydrogen (secondary N) is 1. The Bertz CT molecular complexity index is 332. The predicted molar refractivity (Wildman–Crippen MR) is 63.2 cm³/mol. The maximum absolute atomic E-state index is 5.46. The SMILES string of the molecule is CCCNC(c1ccco1)c1cccs1. The molecule has 0 aliphatic carbocycles. The maximum Gasteiger partial charge on any atom is 0.126 e. The molecule has 0 saturated carbocycles. The Balaban J connectivity index is 2.17. The van der Waals surface area contributed by atoms with E-state index in [1.54, 1.807) is 17.6 Å². The van der Waals surface area contributed by atoms with Crippen LogP contribution in [-0.2, 0) is 0 Å². The summed E-state index contributed by atoms with van der Waals surface area (Å²) in [4.78, 5) is 1.30. The molecule has 0 saturated heterocycles. The lowest BCUT2D eigenvalue weighted by Crippen LogP contribution is -2.21. The molecule has 1 N–H and O–H groups in total. The Morgan fingerprint density at radius 3 is 2.93 bits per heavy atom. The highest BCUT2D eigenvalue weighted by molar-refractivity contribution is 7.10. The molecular formula is C12H15NOS. The summed E-state index contributed by atoms with van der Waals surface area (Å²) in [6.45, 7) is 3.17. The van der Waals surface area contributed by atoms with Crippen molar-refractivity contribution in [3.63, 3.8) is 0 Å². The van der Waals surface area contributed by atoms with E-state index in [2.05, 4.69) is 29.8 Å². The van der Waals surface area contributed by atoms with Crippen LogP contribution in [0.1, 0.15) is 30.0 Å². The molecule has 2 rings (SSSR count). The molecule has 0 fully saturated rings. The molecule has 0 aromatic carbocycles. The highest BCUT2D eigenvalue weighted by atomic mass is 32.1. The van der Waals surface area contributed by atoms with E-state index < -0.39 is 0 Å². The fourth-order valence-electron chi connectivity index (χ4n) is 1.54. The Kier molecular flexibility index (Phi) is 3.59. The molecule has 1 atom stereocenters. The van der Waals surface area contributed by atoms with Gasteiger partial charge >= 0.3 is 0 Å². The average Bonchev–Trinajstić information content (AvgIpc) is 2.90. The first-order valence-corrected chi connectivity index (χ1v) is 6.10. The van der Waals surface area contributed by atoms with Crippen molar-refractivity contribution in [2.75, 3.05) is 6.54 Å². The minimum absolute atomic E-state index is 0.208. The molecule has 3 heteroatoms. The third kappa shape index (κ3) is 2.49. The summed E-state index contributed by atoms with van der Waals surface area (Å²) in [5.41, 5.74) is 0. The van der Waals surface area contributed by atoms with Gasteiger partial charge in [-0.15, -0.1) is 11.3 Å². The molecule has 80 valence electrons. The number of thiophene rings is 1. The molecule has 2 aromatic heterocycles. The highest BCUT2D eigenvalue weighted by Gasteiger charge is 2.16. The first kappa shape index (κ1) is 10.5. The zero-order chi connectivity index (χ0) is 10.5. The normalized spacial score (nSPS) is 12.9. The molecule has 0 aliphatic heterocycles. The van der Waals surface area contributed by atoms with Gasteiger partial charge in [0, 0.05) is 4.88 Å². The van der Waals surface area contributed by atoms with Gasteiger partial charge in [0.05, 0.1) is 6.26 Å². The minimum atomic E-state index is 0.208. The second-order valence-corrected chi connectivity index (χ2v) is 4.40. The number of furan rings is 1. The van der Waals surface area contributed by atoms with Crippen LogP contribution in [0.5, 0.6) is 0 Å². The third-order valence-corrected chi connectivity index (χ3v) is 3.19. The third-order valence-electron chi connectivity index (χ3n) is 2.25. The Hall–Kier alpha value is -1.06. The van der Waals surface area contributed by atoms with Gasteiger partial charge in [-0.25, -0.2) is 0 Å². The van der Waals surface area contributed by atoms with Crippen molar-refractivity contribution in [1.82, 2.24) is 5.32 Å². The fraction of sp³-hybridized carbons (Fsp3) is 0.333.